The second-order valence-corrected chi connectivity index (χ2v) is 15.1. The van der Waals surface area contributed by atoms with Gasteiger partial charge < -0.3 is 19.9 Å². The molecule has 2 N–H and O–H groups in total. The molecule has 0 rings (SSSR count). The maximum Gasteiger partial charge on any atom is 0.306 e. The highest BCUT2D eigenvalue weighted by molar-refractivity contribution is 5.70. The Kier molecular flexibility index (Phi) is 44.7. The minimum atomic E-state index is -0.102. The lowest BCUT2D eigenvalue weighted by molar-refractivity contribution is -0.150. The monoisotopic (exact) mass is 752 g/mol. The molecular weight excluding hydrogens is 663 g/mol. The first-order valence-electron chi connectivity index (χ1n) is 22.8. The summed E-state index contributed by atoms with van der Waals surface area (Å²) in [4.78, 5) is 35.6. The second kappa shape index (κ2) is 44.5. The van der Waals surface area contributed by atoms with Crippen molar-refractivity contribution in [2.45, 2.75) is 252 Å². The lowest BCUT2D eigenvalue weighted by atomic mass is 10.0. The summed E-state index contributed by atoms with van der Waals surface area (Å²) >= 11 is 0. The molecule has 0 aromatic carbocycles. The number of allylic oxidation sites excluding steroid dienone is 1. The van der Waals surface area contributed by atoms with E-state index in [1.54, 1.807) is 0 Å². The number of rotatable bonds is 38. The van der Waals surface area contributed by atoms with Crippen molar-refractivity contribution in [2.24, 2.45) is 5.73 Å². The summed E-state index contributed by atoms with van der Waals surface area (Å²) in [6, 6.07) is 0. The minimum absolute atomic E-state index is 0.0193. The highest BCUT2D eigenvalue weighted by atomic mass is 16.5. The Morgan fingerprint density at radius 3 is 1.36 bits per heavy atom. The summed E-state index contributed by atoms with van der Waals surface area (Å²) in [6.07, 6.45) is 38.9. The molecular formula is C46H89NO6. The van der Waals surface area contributed by atoms with Crippen LogP contribution in [0.1, 0.15) is 240 Å². The summed E-state index contributed by atoms with van der Waals surface area (Å²) in [5, 5.41) is 0. The Balaban J connectivity index is 0. The molecule has 0 saturated carbocycles. The smallest absolute Gasteiger partial charge is 0.306 e. The molecule has 0 aromatic heterocycles. The van der Waals surface area contributed by atoms with Crippen LogP contribution in [0, 0.1) is 0 Å². The molecule has 0 aromatic rings. The van der Waals surface area contributed by atoms with Gasteiger partial charge in [-0.2, -0.15) is 0 Å². The van der Waals surface area contributed by atoms with Crippen molar-refractivity contribution in [1.82, 2.24) is 0 Å². The number of ether oxygens (including phenoxy) is 3. The molecule has 0 saturated heterocycles. The Hall–Kier alpha value is -1.89. The van der Waals surface area contributed by atoms with Crippen molar-refractivity contribution in [3.8, 4) is 0 Å². The molecule has 0 heterocycles. The largest absolute Gasteiger partial charge is 0.462 e. The van der Waals surface area contributed by atoms with Crippen molar-refractivity contribution in [3.63, 3.8) is 0 Å². The van der Waals surface area contributed by atoms with Gasteiger partial charge >= 0.3 is 17.9 Å². The fourth-order valence-corrected chi connectivity index (χ4v) is 6.25. The van der Waals surface area contributed by atoms with Crippen LogP contribution in [-0.4, -0.2) is 43.3 Å². The van der Waals surface area contributed by atoms with Gasteiger partial charge in [0.2, 0.25) is 0 Å². The quantitative estimate of drug-likeness (QED) is 0.0290. The van der Waals surface area contributed by atoms with Gasteiger partial charge in [-0.15, -0.1) is 0 Å². The number of carbonyl (C=O) groups excluding carboxylic acids is 3. The number of hydrogen-bond donors (Lipinski definition) is 1. The topological polar surface area (TPSA) is 105 Å². The molecule has 0 aliphatic carbocycles. The Bertz CT molecular complexity index is 802. The van der Waals surface area contributed by atoms with E-state index in [9.17, 15) is 14.4 Å². The molecule has 0 aliphatic heterocycles. The molecule has 0 radical (unpaired) electrons. The third-order valence-corrected chi connectivity index (χ3v) is 9.77. The van der Waals surface area contributed by atoms with Crippen LogP contribution in [-0.2, 0) is 28.6 Å². The Labute approximate surface area is 329 Å². The average molecular weight is 752 g/mol. The van der Waals surface area contributed by atoms with Gasteiger partial charge in [0.15, 0.2) is 0 Å². The van der Waals surface area contributed by atoms with E-state index in [1.165, 1.54) is 109 Å². The van der Waals surface area contributed by atoms with Gasteiger partial charge in [0.05, 0.1) is 0 Å². The van der Waals surface area contributed by atoms with Gasteiger partial charge in [-0.25, -0.2) is 0 Å². The highest BCUT2D eigenvalue weighted by Gasteiger charge is 2.14. The zero-order valence-electron chi connectivity index (χ0n) is 35.9. The van der Waals surface area contributed by atoms with Crippen LogP contribution < -0.4 is 5.73 Å². The highest BCUT2D eigenvalue weighted by Crippen LogP contribution is 2.18. The number of hydrogen-bond acceptors (Lipinski definition) is 7. The van der Waals surface area contributed by atoms with Gasteiger partial charge in [0, 0.05) is 19.3 Å². The predicted molar refractivity (Wildman–Crippen MR) is 225 cm³/mol. The molecule has 7 heteroatoms. The first-order valence-corrected chi connectivity index (χ1v) is 22.8. The first-order chi connectivity index (χ1) is 25.9. The van der Waals surface area contributed by atoms with Crippen molar-refractivity contribution < 1.29 is 28.6 Å². The minimum Gasteiger partial charge on any atom is -0.462 e. The van der Waals surface area contributed by atoms with Crippen LogP contribution in [0.5, 0.6) is 0 Å². The fraction of sp³-hybridized carbons (Fsp3) is 0.891. The maximum absolute atomic E-state index is 12.4. The summed E-state index contributed by atoms with van der Waals surface area (Å²) in [5.41, 5.74) is 5.35. The summed E-state index contributed by atoms with van der Waals surface area (Å²) < 4.78 is 16.6. The predicted octanol–water partition coefficient (Wildman–Crippen LogP) is 13.4. The zero-order chi connectivity index (χ0) is 39.5. The van der Waals surface area contributed by atoms with Crippen molar-refractivity contribution >= 4 is 17.9 Å². The SMILES string of the molecule is CCCCCC/C=C\COC(=O)CCCCCCCC(=O)OC(CCCCCCC)CCCCCCC.CCCCCCC(CC)OC(=O)CCCN. The Morgan fingerprint density at radius 1 is 0.453 bits per heavy atom. The van der Waals surface area contributed by atoms with E-state index in [4.69, 9.17) is 19.9 Å². The molecule has 1 atom stereocenters. The second-order valence-electron chi connectivity index (χ2n) is 15.1. The van der Waals surface area contributed by atoms with Crippen molar-refractivity contribution in [1.29, 1.82) is 0 Å². The molecule has 0 aliphatic rings. The lowest BCUT2D eigenvalue weighted by Crippen LogP contribution is -2.18. The van der Waals surface area contributed by atoms with Crippen LogP contribution in [0.4, 0.5) is 0 Å². The zero-order valence-corrected chi connectivity index (χ0v) is 35.9. The van der Waals surface area contributed by atoms with Crippen molar-refractivity contribution in [2.75, 3.05) is 13.2 Å². The number of esters is 3. The fourth-order valence-electron chi connectivity index (χ4n) is 6.25. The molecule has 53 heavy (non-hydrogen) atoms. The van der Waals surface area contributed by atoms with Crippen molar-refractivity contribution in [3.05, 3.63) is 12.2 Å². The van der Waals surface area contributed by atoms with Gasteiger partial charge in [-0.05, 0) is 83.6 Å². The third kappa shape index (κ3) is 42.7. The van der Waals surface area contributed by atoms with Gasteiger partial charge in [0.1, 0.15) is 18.8 Å². The molecule has 314 valence electrons. The Morgan fingerprint density at radius 2 is 0.849 bits per heavy atom. The van der Waals surface area contributed by atoms with E-state index in [0.717, 1.165) is 77.0 Å². The van der Waals surface area contributed by atoms with Crippen LogP contribution in [0.15, 0.2) is 12.2 Å². The maximum atomic E-state index is 12.4. The normalized spacial score (nSPS) is 11.8. The molecule has 0 bridgehead atoms. The number of unbranched alkanes of at least 4 members (excludes halogenated alkanes) is 19. The van der Waals surface area contributed by atoms with Crippen LogP contribution in [0.3, 0.4) is 0 Å². The summed E-state index contributed by atoms with van der Waals surface area (Å²) in [5.74, 6) is -0.212. The molecule has 1 unspecified atom stereocenters. The molecule has 0 fully saturated rings. The van der Waals surface area contributed by atoms with Gasteiger partial charge in [-0.1, -0.05) is 156 Å². The lowest BCUT2D eigenvalue weighted by Gasteiger charge is -2.18. The summed E-state index contributed by atoms with van der Waals surface area (Å²) in [7, 11) is 0. The van der Waals surface area contributed by atoms with Crippen LogP contribution in [0.2, 0.25) is 0 Å². The summed E-state index contributed by atoms with van der Waals surface area (Å²) in [6.45, 7) is 11.9. The van der Waals surface area contributed by atoms with Crippen LogP contribution >= 0.6 is 0 Å². The number of carbonyl (C=O) groups is 3. The average Bonchev–Trinajstić information content (AvgIpc) is 3.15. The van der Waals surface area contributed by atoms with E-state index in [1.807, 2.05) is 6.08 Å². The standard InChI is InChI=1S/C33H62O4.C13H27NO2/c1-4-7-10-13-14-20-25-30-36-32(34)28-23-18-15-19-24-29-33(35)37-31(26-21-16-11-8-5-2)27-22-17-12-9-6-3;1-3-5-6-7-9-12(4-2)16-13(15)10-8-11-14/h20,25,31H,4-19,21-24,26-30H2,1-3H3;12H,3-11,14H2,1-2H3/b25-20-;. The third-order valence-electron chi connectivity index (χ3n) is 9.77. The van der Waals surface area contributed by atoms with E-state index >= 15 is 0 Å². The van der Waals surface area contributed by atoms with Gasteiger partial charge in [-0.3, -0.25) is 14.4 Å². The van der Waals surface area contributed by atoms with E-state index in [0.29, 0.717) is 32.4 Å². The van der Waals surface area contributed by atoms with Gasteiger partial charge in [0.25, 0.3) is 0 Å². The van der Waals surface area contributed by atoms with Crippen LogP contribution in [0.25, 0.3) is 0 Å². The first kappa shape index (κ1) is 53.2. The number of nitrogens with two attached hydrogens (primary N) is 1. The van der Waals surface area contributed by atoms with E-state index in [2.05, 4.69) is 40.7 Å². The van der Waals surface area contributed by atoms with E-state index in [-0.39, 0.29) is 30.1 Å². The van der Waals surface area contributed by atoms with E-state index < -0.39 is 0 Å². The molecule has 0 spiro atoms. The molecule has 7 nitrogen and oxygen atoms in total. The molecule has 0 amide bonds.